The number of rotatable bonds is 2. The minimum atomic E-state index is 0.311. The van der Waals surface area contributed by atoms with Gasteiger partial charge in [0, 0.05) is 33.6 Å². The molecule has 132 valence electrons. The third-order valence-corrected chi connectivity index (χ3v) is 7.53. The van der Waals surface area contributed by atoms with E-state index in [-0.39, 0.29) is 0 Å². The molecule has 4 rings (SSSR count). The minimum absolute atomic E-state index is 0.311. The lowest BCUT2D eigenvalue weighted by atomic mass is 9.82. The molecule has 0 radical (unpaired) electrons. The second-order valence-corrected chi connectivity index (χ2v) is 9.35. The molecule has 0 aromatic heterocycles. The van der Waals surface area contributed by atoms with Crippen LogP contribution in [0.2, 0.25) is 10.0 Å². The van der Waals surface area contributed by atoms with Gasteiger partial charge in [0.15, 0.2) is 0 Å². The molecule has 0 saturated heterocycles. The van der Waals surface area contributed by atoms with Gasteiger partial charge in [0.25, 0.3) is 0 Å². The molecule has 1 aliphatic carbocycles. The fourth-order valence-electron chi connectivity index (χ4n) is 4.00. The summed E-state index contributed by atoms with van der Waals surface area (Å²) in [5.41, 5.74) is 2.34. The SMILES string of the molecule is Clc1ccc(N[C@H]2CCC[C@@]3(CCNc4ccccc4S3)C2)cc1Cl. The maximum atomic E-state index is 6.17. The van der Waals surface area contributed by atoms with Gasteiger partial charge in [-0.1, -0.05) is 41.8 Å². The fraction of sp³-hybridized carbons (Fsp3) is 0.400. The molecular formula is C20H22Cl2N2S. The van der Waals surface area contributed by atoms with E-state index in [1.807, 2.05) is 18.2 Å². The summed E-state index contributed by atoms with van der Waals surface area (Å²) >= 11 is 14.3. The van der Waals surface area contributed by atoms with Crippen molar-refractivity contribution in [3.05, 3.63) is 52.5 Å². The first kappa shape index (κ1) is 17.4. The highest BCUT2D eigenvalue weighted by atomic mass is 35.5. The number of hydrogen-bond acceptors (Lipinski definition) is 3. The van der Waals surface area contributed by atoms with Gasteiger partial charge in [-0.25, -0.2) is 0 Å². The molecule has 2 aromatic rings. The first-order valence-corrected chi connectivity index (χ1v) is 10.4. The van der Waals surface area contributed by atoms with Crippen LogP contribution in [0.1, 0.15) is 32.1 Å². The van der Waals surface area contributed by atoms with Crippen molar-refractivity contribution in [1.29, 1.82) is 0 Å². The Morgan fingerprint density at radius 3 is 2.84 bits per heavy atom. The first-order chi connectivity index (χ1) is 12.1. The van der Waals surface area contributed by atoms with E-state index in [0.29, 0.717) is 20.8 Å². The van der Waals surface area contributed by atoms with E-state index in [1.54, 1.807) is 0 Å². The average Bonchev–Trinajstić information content (AvgIpc) is 2.77. The molecule has 5 heteroatoms. The second-order valence-electron chi connectivity index (χ2n) is 7.02. The van der Waals surface area contributed by atoms with E-state index in [2.05, 4.69) is 46.7 Å². The van der Waals surface area contributed by atoms with Crippen LogP contribution in [0, 0.1) is 0 Å². The van der Waals surface area contributed by atoms with Crippen LogP contribution < -0.4 is 10.6 Å². The lowest BCUT2D eigenvalue weighted by Crippen LogP contribution is -2.38. The van der Waals surface area contributed by atoms with Crippen LogP contribution in [0.15, 0.2) is 47.4 Å². The predicted octanol–water partition coefficient (Wildman–Crippen LogP) is 6.69. The van der Waals surface area contributed by atoms with Gasteiger partial charge in [0.1, 0.15) is 0 Å². The van der Waals surface area contributed by atoms with Crippen molar-refractivity contribution in [2.45, 2.75) is 47.8 Å². The fourth-order valence-corrected chi connectivity index (χ4v) is 5.90. The summed E-state index contributed by atoms with van der Waals surface area (Å²) < 4.78 is 0.311. The van der Waals surface area contributed by atoms with E-state index in [1.165, 1.54) is 42.7 Å². The molecule has 2 N–H and O–H groups in total. The summed E-state index contributed by atoms with van der Waals surface area (Å²) in [6.07, 6.45) is 6.12. The van der Waals surface area contributed by atoms with Gasteiger partial charge in [-0.3, -0.25) is 0 Å². The van der Waals surface area contributed by atoms with Gasteiger partial charge in [-0.05, 0) is 56.0 Å². The van der Waals surface area contributed by atoms with Crippen LogP contribution in [-0.4, -0.2) is 17.3 Å². The number of hydrogen-bond donors (Lipinski definition) is 2. The zero-order valence-corrected chi connectivity index (χ0v) is 16.4. The van der Waals surface area contributed by atoms with Gasteiger partial charge in [-0.2, -0.15) is 0 Å². The Labute approximate surface area is 163 Å². The number of fused-ring (bicyclic) bond motifs is 1. The monoisotopic (exact) mass is 392 g/mol. The van der Waals surface area contributed by atoms with Crippen LogP contribution in [0.25, 0.3) is 0 Å². The molecule has 1 fully saturated rings. The Hall–Kier alpha value is -1.03. The number of nitrogens with one attached hydrogen (secondary N) is 2. The van der Waals surface area contributed by atoms with Crippen molar-refractivity contribution in [2.24, 2.45) is 0 Å². The normalized spacial score (nSPS) is 25.8. The maximum absolute atomic E-state index is 6.17. The lowest BCUT2D eigenvalue weighted by Gasteiger charge is -2.40. The molecule has 0 unspecified atom stereocenters. The summed E-state index contributed by atoms with van der Waals surface area (Å²) in [5.74, 6) is 0. The summed E-state index contributed by atoms with van der Waals surface area (Å²) in [4.78, 5) is 1.38. The molecule has 0 bridgehead atoms. The molecule has 1 heterocycles. The summed E-state index contributed by atoms with van der Waals surface area (Å²) in [6, 6.07) is 15.0. The highest BCUT2D eigenvalue weighted by Gasteiger charge is 2.38. The molecule has 25 heavy (non-hydrogen) atoms. The van der Waals surface area contributed by atoms with Gasteiger partial charge >= 0.3 is 0 Å². The third kappa shape index (κ3) is 3.89. The van der Waals surface area contributed by atoms with Gasteiger partial charge < -0.3 is 10.6 Å². The van der Waals surface area contributed by atoms with Crippen LogP contribution in [0.5, 0.6) is 0 Å². The smallest absolute Gasteiger partial charge is 0.0612 e. The van der Waals surface area contributed by atoms with E-state index in [9.17, 15) is 0 Å². The predicted molar refractivity (Wildman–Crippen MR) is 110 cm³/mol. The number of anilines is 2. The topological polar surface area (TPSA) is 24.1 Å². The van der Waals surface area contributed by atoms with Crippen molar-refractivity contribution in [3.8, 4) is 0 Å². The van der Waals surface area contributed by atoms with Crippen LogP contribution >= 0.6 is 35.0 Å². The van der Waals surface area contributed by atoms with Gasteiger partial charge in [0.05, 0.1) is 10.0 Å². The number of para-hydroxylation sites is 1. The minimum Gasteiger partial charge on any atom is -0.384 e. The Morgan fingerprint density at radius 1 is 1.08 bits per heavy atom. The Balaban J connectivity index is 1.51. The molecule has 1 saturated carbocycles. The maximum Gasteiger partial charge on any atom is 0.0612 e. The van der Waals surface area contributed by atoms with Crippen molar-refractivity contribution in [2.75, 3.05) is 17.2 Å². The van der Waals surface area contributed by atoms with Crippen LogP contribution in [0.4, 0.5) is 11.4 Å². The highest BCUT2D eigenvalue weighted by Crippen LogP contribution is 2.50. The van der Waals surface area contributed by atoms with E-state index in [4.69, 9.17) is 23.2 Å². The van der Waals surface area contributed by atoms with Crippen molar-refractivity contribution in [3.63, 3.8) is 0 Å². The molecular weight excluding hydrogens is 371 g/mol. The van der Waals surface area contributed by atoms with Crippen LogP contribution in [-0.2, 0) is 0 Å². The molecule has 2 nitrogen and oxygen atoms in total. The number of benzene rings is 2. The quantitative estimate of drug-likeness (QED) is 0.594. The van der Waals surface area contributed by atoms with Crippen molar-refractivity contribution in [1.82, 2.24) is 0 Å². The zero-order valence-electron chi connectivity index (χ0n) is 14.0. The summed E-state index contributed by atoms with van der Waals surface area (Å²) in [7, 11) is 0. The van der Waals surface area contributed by atoms with Gasteiger partial charge in [0.2, 0.25) is 0 Å². The molecule has 1 aliphatic heterocycles. The molecule has 1 spiro atoms. The van der Waals surface area contributed by atoms with E-state index >= 15 is 0 Å². The van der Waals surface area contributed by atoms with Crippen LogP contribution in [0.3, 0.4) is 0 Å². The first-order valence-electron chi connectivity index (χ1n) is 8.87. The van der Waals surface area contributed by atoms with Gasteiger partial charge in [-0.15, -0.1) is 11.8 Å². The van der Waals surface area contributed by atoms with Crippen molar-refractivity contribution >= 4 is 46.3 Å². The number of thioether (sulfide) groups is 1. The molecule has 2 aromatic carbocycles. The molecule has 0 amide bonds. The Bertz CT molecular complexity index is 767. The zero-order chi connectivity index (χ0) is 17.3. The largest absolute Gasteiger partial charge is 0.384 e. The highest BCUT2D eigenvalue weighted by molar-refractivity contribution is 8.00. The average molecular weight is 393 g/mol. The third-order valence-electron chi connectivity index (χ3n) is 5.20. The standard InChI is InChI=1S/C20H22Cl2N2S/c21-16-8-7-14(12-17(16)22)24-15-4-3-9-20(13-15)10-11-23-18-5-1-2-6-19(18)25-20/h1-2,5-8,12,15,23-24H,3-4,9-11,13H2/t15-,20+/m0/s1. The molecule has 2 atom stereocenters. The molecule has 2 aliphatic rings. The Morgan fingerprint density at radius 2 is 1.96 bits per heavy atom. The van der Waals surface area contributed by atoms with E-state index < -0.39 is 0 Å². The van der Waals surface area contributed by atoms with E-state index in [0.717, 1.165) is 12.2 Å². The summed E-state index contributed by atoms with van der Waals surface area (Å²) in [5, 5.41) is 8.51. The second kappa shape index (κ2) is 7.30. The van der Waals surface area contributed by atoms with Crippen molar-refractivity contribution < 1.29 is 0 Å². The Kier molecular flexibility index (Phi) is 5.08. The number of halogens is 2. The lowest BCUT2D eigenvalue weighted by molar-refractivity contribution is 0.361. The summed E-state index contributed by atoms with van der Waals surface area (Å²) in [6.45, 7) is 1.05.